The summed E-state index contributed by atoms with van der Waals surface area (Å²) in [6.07, 6.45) is 0.528. The number of carbonyl (C=O) groups is 3. The highest BCUT2D eigenvalue weighted by atomic mass is 16.5. The number of hydrogen-bond donors (Lipinski definition) is 6. The smallest absolute Gasteiger partial charge is 0.404 e. The highest BCUT2D eigenvalue weighted by Crippen LogP contribution is 2.15. The minimum atomic E-state index is -0.924. The van der Waals surface area contributed by atoms with Crippen LogP contribution in [-0.2, 0) is 20.9 Å². The molecule has 0 aliphatic rings. The lowest BCUT2D eigenvalue weighted by Gasteiger charge is -2.15. The van der Waals surface area contributed by atoms with Crippen molar-refractivity contribution in [3.05, 3.63) is 60.2 Å². The lowest BCUT2D eigenvalue weighted by molar-refractivity contribution is -0.137. The minimum Gasteiger partial charge on any atom is -0.481 e. The Labute approximate surface area is 193 Å². The van der Waals surface area contributed by atoms with Crippen molar-refractivity contribution in [2.45, 2.75) is 32.8 Å². The molecule has 0 spiro atoms. The van der Waals surface area contributed by atoms with Crippen molar-refractivity contribution in [2.75, 3.05) is 23.9 Å². The Balaban J connectivity index is 0.000000412. The summed E-state index contributed by atoms with van der Waals surface area (Å²) in [5.41, 5.74) is 9.23. The molecule has 0 saturated carbocycles. The van der Waals surface area contributed by atoms with E-state index < -0.39 is 12.1 Å². The number of benzene rings is 2. The third-order valence-corrected chi connectivity index (χ3v) is 4.54. The second-order valence-corrected chi connectivity index (χ2v) is 7.04. The lowest BCUT2D eigenvalue weighted by atomic mass is 10.0. The van der Waals surface area contributed by atoms with Crippen LogP contribution in [0.3, 0.4) is 0 Å². The maximum atomic E-state index is 11.9. The molecule has 2 amide bonds. The number of hydrogen-bond acceptors (Lipinski definition) is 7. The van der Waals surface area contributed by atoms with Crippen LogP contribution in [0.5, 0.6) is 0 Å². The second-order valence-electron chi connectivity index (χ2n) is 7.04. The molecule has 0 bridgehead atoms. The van der Waals surface area contributed by atoms with Crippen LogP contribution in [0.1, 0.15) is 31.7 Å². The molecule has 10 heteroatoms. The molecule has 180 valence electrons. The summed E-state index contributed by atoms with van der Waals surface area (Å²) in [4.78, 5) is 32.5. The van der Waals surface area contributed by atoms with Crippen molar-refractivity contribution in [3.63, 3.8) is 0 Å². The zero-order chi connectivity index (χ0) is 24.5. The second kappa shape index (κ2) is 15.9. The van der Waals surface area contributed by atoms with Gasteiger partial charge in [0.2, 0.25) is 5.91 Å². The van der Waals surface area contributed by atoms with E-state index >= 15 is 0 Å². The topological polar surface area (TPSA) is 163 Å². The Bertz CT molecular complexity index is 863. The Kier molecular flexibility index (Phi) is 13.2. The fourth-order valence-corrected chi connectivity index (χ4v) is 2.78. The van der Waals surface area contributed by atoms with Crippen LogP contribution in [0.25, 0.3) is 0 Å². The SMILES string of the molecule is CCC(CCNc1cccc(NO)c1)C(=O)NCCC(=O)O.NC(=O)OCc1ccccc1. The number of carboxylic acids is 1. The summed E-state index contributed by atoms with van der Waals surface area (Å²) >= 11 is 0. The fourth-order valence-electron chi connectivity index (χ4n) is 2.78. The molecule has 0 saturated heterocycles. The Morgan fingerprint density at radius 3 is 2.33 bits per heavy atom. The molecule has 1 unspecified atom stereocenters. The molecule has 0 aliphatic heterocycles. The van der Waals surface area contributed by atoms with Crippen LogP contribution >= 0.6 is 0 Å². The summed E-state index contributed by atoms with van der Waals surface area (Å²) in [5.74, 6) is -1.19. The Morgan fingerprint density at radius 1 is 1.03 bits per heavy atom. The fraction of sp³-hybridized carbons (Fsp3) is 0.348. The van der Waals surface area contributed by atoms with Crippen LogP contribution in [-0.4, -0.2) is 41.4 Å². The van der Waals surface area contributed by atoms with Gasteiger partial charge >= 0.3 is 12.1 Å². The van der Waals surface area contributed by atoms with Crippen LogP contribution in [0.2, 0.25) is 0 Å². The standard InChI is InChI=1S/C15H23N3O4.C8H9NO2/c1-2-11(15(21)17-9-7-14(19)20)6-8-16-12-4-3-5-13(10-12)18-22;9-8(10)11-6-7-4-2-1-3-5-7/h3-5,10-11,16,18,22H,2,6-9H2,1H3,(H,17,21)(H,19,20);1-5H,6H2,(H2,9,10). The molecule has 0 aromatic heterocycles. The molecule has 1 atom stereocenters. The zero-order valence-corrected chi connectivity index (χ0v) is 18.6. The van der Waals surface area contributed by atoms with Gasteiger partial charge in [-0.25, -0.2) is 4.79 Å². The van der Waals surface area contributed by atoms with Crippen LogP contribution < -0.4 is 21.8 Å². The van der Waals surface area contributed by atoms with E-state index in [-0.39, 0.29) is 31.4 Å². The molecule has 2 rings (SSSR count). The molecule has 0 fully saturated rings. The van der Waals surface area contributed by atoms with Gasteiger partial charge in [-0.1, -0.05) is 43.3 Å². The molecular weight excluding hydrogens is 428 g/mol. The number of carbonyl (C=O) groups excluding carboxylic acids is 2. The number of anilines is 2. The van der Waals surface area contributed by atoms with Gasteiger partial charge in [0, 0.05) is 24.7 Å². The maximum Gasteiger partial charge on any atom is 0.404 e. The molecule has 7 N–H and O–H groups in total. The number of nitrogens with one attached hydrogen (secondary N) is 3. The molecule has 0 heterocycles. The highest BCUT2D eigenvalue weighted by molar-refractivity contribution is 5.79. The van der Waals surface area contributed by atoms with Gasteiger partial charge in [-0.2, -0.15) is 0 Å². The van der Waals surface area contributed by atoms with E-state index in [1.165, 1.54) is 0 Å². The van der Waals surface area contributed by atoms with E-state index in [0.717, 1.165) is 11.3 Å². The Hall–Kier alpha value is -3.79. The van der Waals surface area contributed by atoms with Crippen molar-refractivity contribution < 1.29 is 29.4 Å². The third-order valence-electron chi connectivity index (χ3n) is 4.54. The molecule has 0 aliphatic carbocycles. The zero-order valence-electron chi connectivity index (χ0n) is 18.6. The van der Waals surface area contributed by atoms with Gasteiger partial charge in [-0.15, -0.1) is 0 Å². The molecule has 10 nitrogen and oxygen atoms in total. The van der Waals surface area contributed by atoms with Crippen molar-refractivity contribution in [2.24, 2.45) is 11.7 Å². The number of aliphatic carboxylic acids is 1. The molecule has 0 radical (unpaired) electrons. The average molecular weight is 461 g/mol. The van der Waals surface area contributed by atoms with E-state index in [0.29, 0.717) is 25.1 Å². The van der Waals surface area contributed by atoms with E-state index in [4.69, 9.17) is 16.0 Å². The van der Waals surface area contributed by atoms with Crippen LogP contribution in [0.4, 0.5) is 16.2 Å². The first kappa shape index (κ1) is 27.2. The normalized spacial score (nSPS) is 10.7. The van der Waals surface area contributed by atoms with Crippen LogP contribution in [0.15, 0.2) is 54.6 Å². The lowest BCUT2D eigenvalue weighted by Crippen LogP contribution is -2.33. The summed E-state index contributed by atoms with van der Waals surface area (Å²) in [6, 6.07) is 16.5. The number of carboxylic acid groups (broad SMARTS) is 1. The quantitative estimate of drug-likeness (QED) is 0.263. The number of nitrogens with two attached hydrogens (primary N) is 1. The predicted molar refractivity (Wildman–Crippen MR) is 125 cm³/mol. The molecule has 2 aromatic rings. The van der Waals surface area contributed by atoms with Crippen LogP contribution in [0, 0.1) is 5.92 Å². The van der Waals surface area contributed by atoms with Crippen molar-refractivity contribution >= 4 is 29.3 Å². The van der Waals surface area contributed by atoms with Gasteiger partial charge in [0.25, 0.3) is 0 Å². The highest BCUT2D eigenvalue weighted by Gasteiger charge is 2.15. The Morgan fingerprint density at radius 2 is 1.73 bits per heavy atom. The summed E-state index contributed by atoms with van der Waals surface area (Å²) in [7, 11) is 0. The van der Waals surface area contributed by atoms with Gasteiger partial charge in [0.15, 0.2) is 0 Å². The van der Waals surface area contributed by atoms with Crippen molar-refractivity contribution in [1.82, 2.24) is 5.32 Å². The van der Waals surface area contributed by atoms with Crippen molar-refractivity contribution in [3.8, 4) is 0 Å². The van der Waals surface area contributed by atoms with Gasteiger partial charge < -0.3 is 26.2 Å². The average Bonchev–Trinajstić information content (AvgIpc) is 2.81. The minimum absolute atomic E-state index is 0.0681. The molecular formula is C23H32N4O6. The van der Waals surface area contributed by atoms with Gasteiger partial charge in [0.1, 0.15) is 6.61 Å². The first-order chi connectivity index (χ1) is 15.8. The van der Waals surface area contributed by atoms with E-state index in [2.05, 4.69) is 20.9 Å². The summed E-state index contributed by atoms with van der Waals surface area (Å²) < 4.78 is 4.57. The molecule has 33 heavy (non-hydrogen) atoms. The summed E-state index contributed by atoms with van der Waals surface area (Å²) in [6.45, 7) is 2.94. The van der Waals surface area contributed by atoms with Gasteiger partial charge in [-0.3, -0.25) is 20.3 Å². The monoisotopic (exact) mass is 460 g/mol. The van der Waals surface area contributed by atoms with E-state index in [9.17, 15) is 14.4 Å². The van der Waals surface area contributed by atoms with E-state index in [1.54, 1.807) is 18.2 Å². The number of rotatable bonds is 12. The summed E-state index contributed by atoms with van der Waals surface area (Å²) in [5, 5.41) is 23.2. The first-order valence-electron chi connectivity index (χ1n) is 10.5. The van der Waals surface area contributed by atoms with E-state index in [1.807, 2.05) is 43.3 Å². The first-order valence-corrected chi connectivity index (χ1v) is 10.5. The third kappa shape index (κ3) is 12.6. The molecule has 2 aromatic carbocycles. The maximum absolute atomic E-state index is 11.9. The number of amides is 2. The number of primary amides is 1. The van der Waals surface area contributed by atoms with Gasteiger partial charge in [-0.05, 0) is 36.6 Å². The largest absolute Gasteiger partial charge is 0.481 e. The predicted octanol–water partition coefficient (Wildman–Crippen LogP) is 3.19. The van der Waals surface area contributed by atoms with Gasteiger partial charge in [0.05, 0.1) is 12.1 Å². The van der Waals surface area contributed by atoms with Crippen molar-refractivity contribution in [1.29, 1.82) is 0 Å². The number of ether oxygens (including phenoxy) is 1.